The Morgan fingerprint density at radius 1 is 0.871 bits per heavy atom. The van der Waals surface area contributed by atoms with E-state index in [9.17, 15) is 4.79 Å². The van der Waals surface area contributed by atoms with E-state index in [0.29, 0.717) is 12.8 Å². The third-order valence-corrected chi connectivity index (χ3v) is 6.04. The lowest BCUT2D eigenvalue weighted by molar-refractivity contribution is -0.133. The average Bonchev–Trinajstić information content (AvgIpc) is 2.83. The van der Waals surface area contributed by atoms with Crippen molar-refractivity contribution < 1.29 is 14.3 Å². The number of carbonyl (C=O) groups excluding carboxylic acids is 1. The Morgan fingerprint density at radius 2 is 1.55 bits per heavy atom. The number of nitrogens with zero attached hydrogens (tertiary/aromatic N) is 2. The molecule has 4 rings (SSSR count). The molecule has 31 heavy (non-hydrogen) atoms. The Morgan fingerprint density at radius 3 is 2.26 bits per heavy atom. The molecule has 0 bridgehead atoms. The van der Waals surface area contributed by atoms with Crippen molar-refractivity contribution >= 4 is 16.7 Å². The minimum Gasteiger partial charge on any atom is -0.497 e. The predicted octanol–water partition coefficient (Wildman–Crippen LogP) is 4.13. The van der Waals surface area contributed by atoms with E-state index in [1.165, 1.54) is 16.3 Å². The molecule has 162 valence electrons. The van der Waals surface area contributed by atoms with Crippen molar-refractivity contribution in [3.05, 3.63) is 71.8 Å². The van der Waals surface area contributed by atoms with E-state index >= 15 is 0 Å². The van der Waals surface area contributed by atoms with Crippen LogP contribution in [-0.4, -0.2) is 56.1 Å². The molecule has 0 aliphatic carbocycles. The lowest BCUT2D eigenvalue weighted by atomic mass is 10.0. The molecule has 5 nitrogen and oxygen atoms in total. The quantitative estimate of drug-likeness (QED) is 0.579. The van der Waals surface area contributed by atoms with Crippen LogP contribution in [0.2, 0.25) is 0 Å². The van der Waals surface area contributed by atoms with Crippen LogP contribution in [0.3, 0.4) is 0 Å². The number of aryl methyl sites for hydroxylation is 1. The standard InChI is InChI=1S/C26H30N2O3/c1-30-23-16-20(17-24(18-23)31-2)10-11-26(29)28-14-12-27(13-15-28)19-22-8-5-7-21-6-3-4-9-25(21)22/h3-9,16-18H,10-15,19H2,1-2H3. The summed E-state index contributed by atoms with van der Waals surface area (Å²) in [6.45, 7) is 4.30. The van der Waals surface area contributed by atoms with Crippen LogP contribution < -0.4 is 9.47 Å². The van der Waals surface area contributed by atoms with Crippen molar-refractivity contribution in [2.24, 2.45) is 0 Å². The molecular formula is C26H30N2O3. The first-order valence-corrected chi connectivity index (χ1v) is 10.8. The van der Waals surface area contributed by atoms with E-state index in [4.69, 9.17) is 9.47 Å². The minimum atomic E-state index is 0.214. The maximum absolute atomic E-state index is 12.8. The summed E-state index contributed by atoms with van der Waals surface area (Å²) in [4.78, 5) is 17.2. The molecule has 1 saturated heterocycles. The van der Waals surface area contributed by atoms with Crippen LogP contribution in [0.4, 0.5) is 0 Å². The van der Waals surface area contributed by atoms with Gasteiger partial charge in [0, 0.05) is 45.2 Å². The Hall–Kier alpha value is -3.05. The highest BCUT2D eigenvalue weighted by atomic mass is 16.5. The third kappa shape index (κ3) is 5.17. The first kappa shape index (κ1) is 21.2. The van der Waals surface area contributed by atoms with Gasteiger partial charge in [0.2, 0.25) is 5.91 Å². The van der Waals surface area contributed by atoms with E-state index in [1.54, 1.807) is 14.2 Å². The fraction of sp³-hybridized carbons (Fsp3) is 0.346. The number of fused-ring (bicyclic) bond motifs is 1. The molecule has 3 aromatic carbocycles. The number of hydrogen-bond donors (Lipinski definition) is 0. The molecule has 1 aliphatic heterocycles. The van der Waals surface area contributed by atoms with Crippen molar-refractivity contribution in [2.45, 2.75) is 19.4 Å². The number of rotatable bonds is 7. The van der Waals surface area contributed by atoms with Gasteiger partial charge in [-0.25, -0.2) is 0 Å². The number of benzene rings is 3. The van der Waals surface area contributed by atoms with Crippen molar-refractivity contribution in [1.29, 1.82) is 0 Å². The van der Waals surface area contributed by atoms with Crippen LogP contribution in [0.25, 0.3) is 10.8 Å². The van der Waals surface area contributed by atoms with Gasteiger partial charge in [0.15, 0.2) is 0 Å². The summed E-state index contributed by atoms with van der Waals surface area (Å²) in [5.74, 6) is 1.72. The average molecular weight is 419 g/mol. The van der Waals surface area contributed by atoms with Gasteiger partial charge in [0.05, 0.1) is 14.2 Å². The van der Waals surface area contributed by atoms with Crippen LogP contribution in [0.5, 0.6) is 11.5 Å². The minimum absolute atomic E-state index is 0.214. The van der Waals surface area contributed by atoms with Crippen LogP contribution in [0, 0.1) is 0 Å². The molecule has 0 radical (unpaired) electrons. The zero-order valence-corrected chi connectivity index (χ0v) is 18.3. The van der Waals surface area contributed by atoms with E-state index < -0.39 is 0 Å². The molecule has 1 aliphatic rings. The van der Waals surface area contributed by atoms with Crippen LogP contribution in [0.1, 0.15) is 17.5 Å². The lowest BCUT2D eigenvalue weighted by Gasteiger charge is -2.35. The SMILES string of the molecule is COc1cc(CCC(=O)N2CCN(Cc3cccc4ccccc34)CC2)cc(OC)c1. The van der Waals surface area contributed by atoms with Crippen LogP contribution in [-0.2, 0) is 17.8 Å². The molecule has 0 atom stereocenters. The fourth-order valence-electron chi connectivity index (χ4n) is 4.25. The van der Waals surface area contributed by atoms with Gasteiger partial charge in [-0.05, 0) is 40.5 Å². The summed E-state index contributed by atoms with van der Waals surface area (Å²) in [6, 6.07) is 20.8. The summed E-state index contributed by atoms with van der Waals surface area (Å²) in [5.41, 5.74) is 2.41. The molecule has 3 aromatic rings. The van der Waals surface area contributed by atoms with E-state index in [1.807, 2.05) is 23.1 Å². The van der Waals surface area contributed by atoms with Crippen molar-refractivity contribution in [2.75, 3.05) is 40.4 Å². The second-order valence-corrected chi connectivity index (χ2v) is 8.02. The van der Waals surface area contributed by atoms with E-state index in [0.717, 1.165) is 49.8 Å². The molecule has 0 unspecified atom stereocenters. The monoisotopic (exact) mass is 418 g/mol. The number of methoxy groups -OCH3 is 2. The van der Waals surface area contributed by atoms with Gasteiger partial charge in [0.1, 0.15) is 11.5 Å². The van der Waals surface area contributed by atoms with E-state index in [-0.39, 0.29) is 5.91 Å². The number of ether oxygens (including phenoxy) is 2. The largest absolute Gasteiger partial charge is 0.497 e. The van der Waals surface area contributed by atoms with Gasteiger partial charge >= 0.3 is 0 Å². The highest BCUT2D eigenvalue weighted by Crippen LogP contribution is 2.24. The Bertz CT molecular complexity index is 1010. The summed E-state index contributed by atoms with van der Waals surface area (Å²) >= 11 is 0. The lowest BCUT2D eigenvalue weighted by Crippen LogP contribution is -2.48. The zero-order valence-electron chi connectivity index (χ0n) is 18.3. The molecule has 1 amide bonds. The summed E-state index contributed by atoms with van der Waals surface area (Å²) in [7, 11) is 3.28. The Labute approximate surface area is 184 Å². The molecule has 0 saturated carbocycles. The molecule has 5 heteroatoms. The second kappa shape index (κ2) is 9.84. The second-order valence-electron chi connectivity index (χ2n) is 8.02. The number of amides is 1. The van der Waals surface area contributed by atoms with Gasteiger partial charge in [-0.2, -0.15) is 0 Å². The normalized spacial score (nSPS) is 14.6. The van der Waals surface area contributed by atoms with Crippen molar-refractivity contribution in [3.63, 3.8) is 0 Å². The zero-order chi connectivity index (χ0) is 21.6. The van der Waals surface area contributed by atoms with Gasteiger partial charge < -0.3 is 14.4 Å². The summed E-state index contributed by atoms with van der Waals surface area (Å²) < 4.78 is 10.7. The third-order valence-electron chi connectivity index (χ3n) is 6.04. The smallest absolute Gasteiger partial charge is 0.222 e. The molecule has 1 heterocycles. The molecule has 0 aromatic heterocycles. The highest BCUT2D eigenvalue weighted by molar-refractivity contribution is 5.85. The topological polar surface area (TPSA) is 42.0 Å². The van der Waals surface area contributed by atoms with Gasteiger partial charge in [-0.1, -0.05) is 42.5 Å². The molecule has 0 N–H and O–H groups in total. The maximum atomic E-state index is 12.8. The maximum Gasteiger partial charge on any atom is 0.222 e. The summed E-state index contributed by atoms with van der Waals surface area (Å²) in [5, 5.41) is 2.60. The highest BCUT2D eigenvalue weighted by Gasteiger charge is 2.21. The first-order chi connectivity index (χ1) is 15.2. The van der Waals surface area contributed by atoms with Gasteiger partial charge in [-0.15, -0.1) is 0 Å². The van der Waals surface area contributed by atoms with E-state index in [2.05, 4.69) is 47.4 Å². The first-order valence-electron chi connectivity index (χ1n) is 10.8. The molecule has 1 fully saturated rings. The van der Waals surface area contributed by atoms with Gasteiger partial charge in [0.25, 0.3) is 0 Å². The van der Waals surface area contributed by atoms with Crippen LogP contribution in [0.15, 0.2) is 60.7 Å². The number of hydrogen-bond acceptors (Lipinski definition) is 4. The number of carbonyl (C=O) groups is 1. The van der Waals surface area contributed by atoms with Gasteiger partial charge in [-0.3, -0.25) is 9.69 Å². The molecule has 0 spiro atoms. The Kier molecular flexibility index (Phi) is 6.73. The van der Waals surface area contributed by atoms with Crippen molar-refractivity contribution in [1.82, 2.24) is 9.80 Å². The van der Waals surface area contributed by atoms with Crippen LogP contribution >= 0.6 is 0 Å². The fourth-order valence-corrected chi connectivity index (χ4v) is 4.25. The predicted molar refractivity (Wildman–Crippen MR) is 124 cm³/mol. The number of piperazine rings is 1. The summed E-state index contributed by atoms with van der Waals surface area (Å²) in [6.07, 6.45) is 1.18. The van der Waals surface area contributed by atoms with Crippen molar-refractivity contribution in [3.8, 4) is 11.5 Å². The molecular weight excluding hydrogens is 388 g/mol. The Balaban J connectivity index is 1.30.